The minimum absolute atomic E-state index is 0.486. The van der Waals surface area contributed by atoms with Crippen LogP contribution in [-0.2, 0) is 5.60 Å². The van der Waals surface area contributed by atoms with Crippen LogP contribution in [0.5, 0.6) is 5.75 Å². The molecule has 0 radical (unpaired) electrons. The Morgan fingerprint density at radius 2 is 1.82 bits per heavy atom. The summed E-state index contributed by atoms with van der Waals surface area (Å²) in [5.74, 6) is 2.60. The number of rotatable bonds is 8. The summed E-state index contributed by atoms with van der Waals surface area (Å²) in [4.78, 5) is 20.1. The second-order valence-electron chi connectivity index (χ2n) is 10.9. The minimum Gasteiger partial charge on any atom is -0.495 e. The van der Waals surface area contributed by atoms with Gasteiger partial charge in [-0.15, -0.1) is 11.3 Å². The van der Waals surface area contributed by atoms with Gasteiger partial charge in [-0.3, -0.25) is 4.90 Å². The fourth-order valence-electron chi connectivity index (χ4n) is 5.24. The van der Waals surface area contributed by atoms with Crippen LogP contribution in [0.25, 0.3) is 10.2 Å². The second-order valence-corrected chi connectivity index (χ2v) is 11.7. The van der Waals surface area contributed by atoms with Crippen molar-refractivity contribution in [2.75, 3.05) is 48.8 Å². The zero-order valence-corrected chi connectivity index (χ0v) is 23.7. The first kappa shape index (κ1) is 25.8. The van der Waals surface area contributed by atoms with E-state index in [9.17, 15) is 5.11 Å². The van der Waals surface area contributed by atoms with Crippen molar-refractivity contribution in [1.29, 1.82) is 0 Å². The van der Waals surface area contributed by atoms with Crippen molar-refractivity contribution < 1.29 is 9.84 Å². The minimum atomic E-state index is -1.04. The molecule has 0 aliphatic carbocycles. The molecule has 6 rings (SSSR count). The molecule has 5 heterocycles. The van der Waals surface area contributed by atoms with Crippen LogP contribution < -0.4 is 20.3 Å². The van der Waals surface area contributed by atoms with Crippen molar-refractivity contribution in [1.82, 2.24) is 19.9 Å². The average Bonchev–Trinajstić information content (AvgIpc) is 3.71. The van der Waals surface area contributed by atoms with Gasteiger partial charge >= 0.3 is 0 Å². The lowest BCUT2D eigenvalue weighted by atomic mass is 10.0. The number of hydrogen-bond acceptors (Lipinski definition) is 10. The number of benzene rings is 1. The highest BCUT2D eigenvalue weighted by Gasteiger charge is 2.31. The summed E-state index contributed by atoms with van der Waals surface area (Å²) >= 11 is 1.58. The molecule has 0 saturated carbocycles. The third-order valence-corrected chi connectivity index (χ3v) is 8.47. The molecule has 9 nitrogen and oxygen atoms in total. The molecule has 3 N–H and O–H groups in total. The van der Waals surface area contributed by atoms with Gasteiger partial charge in [0.15, 0.2) is 0 Å². The largest absolute Gasteiger partial charge is 0.495 e. The highest BCUT2D eigenvalue weighted by Crippen LogP contribution is 2.36. The lowest BCUT2D eigenvalue weighted by Gasteiger charge is -2.35. The van der Waals surface area contributed by atoms with E-state index >= 15 is 0 Å². The summed E-state index contributed by atoms with van der Waals surface area (Å²) in [5, 5.41) is 20.2. The normalized spacial score (nSPS) is 16.5. The summed E-state index contributed by atoms with van der Waals surface area (Å²) in [6.07, 6.45) is 2.39. The number of thiophene rings is 1. The molecule has 2 fully saturated rings. The Labute approximate surface area is 232 Å². The Bertz CT molecular complexity index is 1490. The highest BCUT2D eigenvalue weighted by molar-refractivity contribution is 7.17. The van der Waals surface area contributed by atoms with E-state index in [2.05, 4.69) is 49.9 Å². The molecular formula is C29H35N7O2S. The van der Waals surface area contributed by atoms with Crippen LogP contribution in [-0.4, -0.2) is 64.3 Å². The fourth-order valence-corrected chi connectivity index (χ4v) is 6.16. The third kappa shape index (κ3) is 5.50. The number of aryl methyl sites for hydroxylation is 1. The van der Waals surface area contributed by atoms with Crippen molar-refractivity contribution in [3.63, 3.8) is 0 Å². The molecule has 4 aromatic rings. The van der Waals surface area contributed by atoms with Gasteiger partial charge in [0.25, 0.3) is 0 Å². The lowest BCUT2D eigenvalue weighted by molar-refractivity contribution is 0.0740. The summed E-state index contributed by atoms with van der Waals surface area (Å²) in [6.45, 7) is 10.1. The smallest absolute Gasteiger partial charge is 0.230 e. The molecule has 0 unspecified atom stereocenters. The molecule has 10 heteroatoms. The number of methoxy groups -OCH3 is 1. The number of anilines is 5. The van der Waals surface area contributed by atoms with E-state index < -0.39 is 5.60 Å². The van der Waals surface area contributed by atoms with E-state index in [0.717, 1.165) is 52.0 Å². The van der Waals surface area contributed by atoms with E-state index in [-0.39, 0.29) is 0 Å². The van der Waals surface area contributed by atoms with Gasteiger partial charge < -0.3 is 25.4 Å². The Hall–Kier alpha value is -3.47. The lowest BCUT2D eigenvalue weighted by Crippen LogP contribution is -2.39. The van der Waals surface area contributed by atoms with Gasteiger partial charge in [-0.05, 0) is 68.8 Å². The maximum atomic E-state index is 10.4. The number of pyridine rings is 1. The summed E-state index contributed by atoms with van der Waals surface area (Å²) < 4.78 is 5.81. The maximum absolute atomic E-state index is 10.4. The number of nitrogens with one attached hydrogen (secondary N) is 2. The van der Waals surface area contributed by atoms with Crippen molar-refractivity contribution in [2.24, 2.45) is 0 Å². The molecular weight excluding hydrogens is 510 g/mol. The topological polar surface area (TPSA) is 98.4 Å². The number of ether oxygens (including phenoxy) is 1. The maximum Gasteiger partial charge on any atom is 0.230 e. The van der Waals surface area contributed by atoms with E-state index in [0.29, 0.717) is 23.3 Å². The monoisotopic (exact) mass is 545 g/mol. The quantitative estimate of drug-likeness (QED) is 0.251. The van der Waals surface area contributed by atoms with Crippen LogP contribution in [0.15, 0.2) is 41.8 Å². The first-order chi connectivity index (χ1) is 18.8. The number of fused-ring (bicyclic) bond motifs is 1. The zero-order chi connectivity index (χ0) is 27.1. The number of aliphatic hydroxyl groups is 1. The molecule has 204 valence electrons. The molecule has 0 amide bonds. The zero-order valence-electron chi connectivity index (χ0n) is 22.9. The van der Waals surface area contributed by atoms with Crippen molar-refractivity contribution >= 4 is 50.5 Å². The van der Waals surface area contributed by atoms with Gasteiger partial charge in [0, 0.05) is 44.0 Å². The van der Waals surface area contributed by atoms with Crippen LogP contribution in [0.2, 0.25) is 0 Å². The first-order valence-corrected chi connectivity index (χ1v) is 14.3. The highest BCUT2D eigenvalue weighted by atomic mass is 32.1. The predicted molar refractivity (Wildman–Crippen MR) is 158 cm³/mol. The van der Waals surface area contributed by atoms with Gasteiger partial charge in [0.1, 0.15) is 27.8 Å². The summed E-state index contributed by atoms with van der Waals surface area (Å²) in [7, 11) is 1.72. The molecule has 0 atom stereocenters. The van der Waals surface area contributed by atoms with Gasteiger partial charge in [-0.2, -0.15) is 4.98 Å². The molecule has 0 spiro atoms. The van der Waals surface area contributed by atoms with Crippen LogP contribution in [0.1, 0.15) is 37.9 Å². The standard InChI is InChI=1S/C29H35N7O2S/c1-18-17-39-27-25(18)26(32-24-7-5-6-23(31-24)29(2,3)37)33-28(34-27)30-19-8-9-21(22(16-19)38-4)36-12-10-20(11-13-36)35-14-15-35/h5-9,16-17,20,37H,10-15H2,1-4H3,(H2,30,31,32,33,34). The number of nitrogens with zero attached hydrogens (tertiary/aromatic N) is 5. The average molecular weight is 546 g/mol. The molecule has 39 heavy (non-hydrogen) atoms. The Balaban J connectivity index is 1.25. The SMILES string of the molecule is COc1cc(Nc2nc(Nc3cccc(C(C)(C)O)n3)c3c(C)csc3n2)ccc1N1CCC(N2CC2)CC1. The van der Waals surface area contributed by atoms with Gasteiger partial charge in [-0.1, -0.05) is 6.07 Å². The van der Waals surface area contributed by atoms with E-state index in [1.54, 1.807) is 32.3 Å². The van der Waals surface area contributed by atoms with Gasteiger partial charge in [0.05, 0.1) is 23.9 Å². The molecule has 1 aromatic carbocycles. The molecule has 2 aliphatic rings. The third-order valence-electron chi connectivity index (χ3n) is 7.48. The predicted octanol–water partition coefficient (Wildman–Crippen LogP) is 5.40. The Kier molecular flexibility index (Phi) is 6.78. The van der Waals surface area contributed by atoms with Crippen molar-refractivity contribution in [3.05, 3.63) is 53.0 Å². The van der Waals surface area contributed by atoms with E-state index in [4.69, 9.17) is 14.7 Å². The van der Waals surface area contributed by atoms with Crippen LogP contribution in [0.4, 0.5) is 29.0 Å². The van der Waals surface area contributed by atoms with Gasteiger partial charge in [0.2, 0.25) is 5.95 Å². The molecule has 2 aliphatic heterocycles. The molecule has 2 saturated heterocycles. The molecule has 3 aromatic heterocycles. The van der Waals surface area contributed by atoms with Crippen molar-refractivity contribution in [3.8, 4) is 5.75 Å². The van der Waals surface area contributed by atoms with Crippen LogP contribution >= 0.6 is 11.3 Å². The summed E-state index contributed by atoms with van der Waals surface area (Å²) in [5.41, 5.74) is 2.61. The first-order valence-electron chi connectivity index (χ1n) is 13.5. The second kappa shape index (κ2) is 10.3. The number of aromatic nitrogens is 3. The number of piperidine rings is 1. The van der Waals surface area contributed by atoms with E-state index in [1.807, 2.05) is 24.3 Å². The van der Waals surface area contributed by atoms with Crippen LogP contribution in [0.3, 0.4) is 0 Å². The fraction of sp³-hybridized carbons (Fsp3) is 0.414. The van der Waals surface area contributed by atoms with Gasteiger partial charge in [-0.25, -0.2) is 9.97 Å². The Morgan fingerprint density at radius 3 is 2.54 bits per heavy atom. The van der Waals surface area contributed by atoms with Crippen molar-refractivity contribution in [2.45, 2.75) is 45.3 Å². The Morgan fingerprint density at radius 1 is 1.03 bits per heavy atom. The van der Waals surface area contributed by atoms with E-state index in [1.165, 1.54) is 25.9 Å². The number of hydrogen-bond donors (Lipinski definition) is 3. The molecule has 0 bridgehead atoms. The summed E-state index contributed by atoms with van der Waals surface area (Å²) in [6, 6.07) is 12.5. The van der Waals surface area contributed by atoms with Crippen LogP contribution in [0, 0.1) is 6.92 Å².